The average Bonchev–Trinajstić information content (AvgIpc) is 2.45. The van der Waals surface area contributed by atoms with Crippen molar-refractivity contribution in [1.29, 1.82) is 0 Å². The van der Waals surface area contributed by atoms with Gasteiger partial charge in [0.1, 0.15) is 5.75 Å². The molecule has 0 spiro atoms. The minimum absolute atomic E-state index is 0.137. The maximum Gasteiger partial charge on any atom is 0.118 e. The molecule has 0 aliphatic carbocycles. The number of rotatable bonds is 9. The topological polar surface area (TPSA) is 58.9 Å². The van der Waals surface area contributed by atoms with Gasteiger partial charge in [-0.25, -0.2) is 0 Å². The summed E-state index contributed by atoms with van der Waals surface area (Å²) in [5, 5.41) is 18.3. The number of ether oxygens (including phenoxy) is 2. The summed E-state index contributed by atoms with van der Waals surface area (Å²) in [6, 6.07) is 7.63. The van der Waals surface area contributed by atoms with Gasteiger partial charge in [0.2, 0.25) is 0 Å². The van der Waals surface area contributed by atoms with E-state index in [9.17, 15) is 5.11 Å². The predicted octanol–water partition coefficient (Wildman–Crippen LogP) is 1.90. The number of hydrogen-bond acceptors (Lipinski definition) is 4. The lowest BCUT2D eigenvalue weighted by Crippen LogP contribution is -2.23. The molecule has 2 atom stereocenters. The van der Waals surface area contributed by atoms with Crippen molar-refractivity contribution >= 4 is 0 Å². The Morgan fingerprint density at radius 1 is 1.32 bits per heavy atom. The van der Waals surface area contributed by atoms with Crippen molar-refractivity contribution < 1.29 is 19.7 Å². The second-order valence-electron chi connectivity index (χ2n) is 4.38. The highest BCUT2D eigenvalue weighted by Gasteiger charge is 2.13. The molecule has 0 amide bonds. The zero-order chi connectivity index (χ0) is 14.1. The Morgan fingerprint density at radius 3 is 2.53 bits per heavy atom. The normalized spacial score (nSPS) is 13.8. The van der Waals surface area contributed by atoms with E-state index in [2.05, 4.69) is 6.58 Å². The minimum atomic E-state index is -0.749. The van der Waals surface area contributed by atoms with E-state index in [4.69, 9.17) is 14.6 Å². The van der Waals surface area contributed by atoms with Crippen molar-refractivity contribution in [1.82, 2.24) is 0 Å². The van der Waals surface area contributed by atoms with Crippen LogP contribution in [0.3, 0.4) is 0 Å². The van der Waals surface area contributed by atoms with Crippen LogP contribution >= 0.6 is 0 Å². The van der Waals surface area contributed by atoms with Gasteiger partial charge in [-0.2, -0.15) is 0 Å². The van der Waals surface area contributed by atoms with E-state index < -0.39 is 6.10 Å². The van der Waals surface area contributed by atoms with Crippen LogP contribution in [-0.2, 0) is 11.3 Å². The molecule has 0 heterocycles. The van der Waals surface area contributed by atoms with Crippen LogP contribution in [0.1, 0.15) is 18.4 Å². The predicted molar refractivity (Wildman–Crippen MR) is 74.1 cm³/mol. The van der Waals surface area contributed by atoms with Gasteiger partial charge in [0.15, 0.2) is 0 Å². The van der Waals surface area contributed by atoms with Crippen LogP contribution in [0.2, 0.25) is 0 Å². The lowest BCUT2D eigenvalue weighted by molar-refractivity contribution is -0.00853. The zero-order valence-corrected chi connectivity index (χ0v) is 11.3. The van der Waals surface area contributed by atoms with Crippen molar-refractivity contribution in [3.8, 4) is 5.75 Å². The molecule has 1 aromatic carbocycles. The van der Waals surface area contributed by atoms with Crippen LogP contribution in [0.4, 0.5) is 0 Å². The van der Waals surface area contributed by atoms with Crippen LogP contribution in [0.5, 0.6) is 5.75 Å². The summed E-state index contributed by atoms with van der Waals surface area (Å²) in [5.41, 5.74) is 1.04. The molecule has 0 radical (unpaired) electrons. The van der Waals surface area contributed by atoms with Gasteiger partial charge >= 0.3 is 0 Å². The fourth-order valence-corrected chi connectivity index (χ4v) is 1.73. The molecule has 4 heteroatoms. The van der Waals surface area contributed by atoms with Gasteiger partial charge in [-0.15, -0.1) is 6.58 Å². The highest BCUT2D eigenvalue weighted by molar-refractivity contribution is 5.26. The third kappa shape index (κ3) is 5.87. The van der Waals surface area contributed by atoms with Crippen molar-refractivity contribution in [3.05, 3.63) is 42.5 Å². The first-order chi connectivity index (χ1) is 9.19. The molecule has 2 N–H and O–H groups in total. The van der Waals surface area contributed by atoms with Gasteiger partial charge in [-0.1, -0.05) is 18.2 Å². The van der Waals surface area contributed by atoms with E-state index in [0.717, 1.165) is 11.3 Å². The maximum absolute atomic E-state index is 9.44. The summed E-state index contributed by atoms with van der Waals surface area (Å²) in [7, 11) is 1.63. The largest absolute Gasteiger partial charge is 0.497 e. The van der Waals surface area contributed by atoms with E-state index in [1.54, 1.807) is 13.2 Å². The average molecular weight is 266 g/mol. The second-order valence-corrected chi connectivity index (χ2v) is 4.38. The monoisotopic (exact) mass is 266 g/mol. The second kappa shape index (κ2) is 8.69. The third-order valence-corrected chi connectivity index (χ3v) is 2.82. The fourth-order valence-electron chi connectivity index (χ4n) is 1.73. The van der Waals surface area contributed by atoms with E-state index in [1.807, 2.05) is 24.3 Å². The van der Waals surface area contributed by atoms with Crippen molar-refractivity contribution in [2.24, 2.45) is 0 Å². The SMILES string of the molecule is C=CC[C@@H](C[C@H](O)CO)OCc1ccc(OC)cc1. The Morgan fingerprint density at radius 2 is 2.00 bits per heavy atom. The first-order valence-corrected chi connectivity index (χ1v) is 6.34. The van der Waals surface area contributed by atoms with Gasteiger partial charge in [-0.05, 0) is 24.1 Å². The number of hydrogen-bond donors (Lipinski definition) is 2. The standard InChI is InChI=1S/C15H22O4/c1-3-4-15(9-13(17)10-16)19-11-12-5-7-14(18-2)8-6-12/h3,5-8,13,15-17H,1,4,9-11H2,2H3/t13-,15-/m0/s1. The van der Waals surface area contributed by atoms with E-state index in [0.29, 0.717) is 19.4 Å². The molecule has 0 fully saturated rings. The Kier molecular flexibility index (Phi) is 7.18. The number of benzene rings is 1. The smallest absolute Gasteiger partial charge is 0.118 e. The van der Waals surface area contributed by atoms with Gasteiger partial charge in [0, 0.05) is 6.42 Å². The van der Waals surface area contributed by atoms with Crippen molar-refractivity contribution in [3.63, 3.8) is 0 Å². The molecule has 1 aromatic rings. The number of methoxy groups -OCH3 is 1. The first-order valence-electron chi connectivity index (χ1n) is 6.34. The van der Waals surface area contributed by atoms with Crippen LogP contribution in [-0.4, -0.2) is 36.1 Å². The number of aliphatic hydroxyl groups is 2. The molecule has 4 nitrogen and oxygen atoms in total. The van der Waals surface area contributed by atoms with Crippen LogP contribution in [0.25, 0.3) is 0 Å². The Balaban J connectivity index is 2.47. The summed E-state index contributed by atoms with van der Waals surface area (Å²) in [4.78, 5) is 0. The van der Waals surface area contributed by atoms with Crippen LogP contribution < -0.4 is 4.74 Å². The van der Waals surface area contributed by atoms with Gasteiger partial charge < -0.3 is 19.7 Å². The summed E-state index contributed by atoms with van der Waals surface area (Å²) in [6.07, 6.45) is 1.91. The van der Waals surface area contributed by atoms with E-state index >= 15 is 0 Å². The molecule has 0 aromatic heterocycles. The molecule has 1 rings (SSSR count). The van der Waals surface area contributed by atoms with Crippen molar-refractivity contribution in [2.75, 3.05) is 13.7 Å². The van der Waals surface area contributed by atoms with Crippen LogP contribution in [0, 0.1) is 0 Å². The highest BCUT2D eigenvalue weighted by Crippen LogP contribution is 2.15. The maximum atomic E-state index is 9.44. The van der Waals surface area contributed by atoms with Gasteiger partial charge in [0.05, 0.1) is 32.5 Å². The summed E-state index contributed by atoms with van der Waals surface area (Å²) in [5.74, 6) is 0.807. The lowest BCUT2D eigenvalue weighted by Gasteiger charge is -2.19. The third-order valence-electron chi connectivity index (χ3n) is 2.82. The lowest BCUT2D eigenvalue weighted by atomic mass is 10.1. The van der Waals surface area contributed by atoms with Gasteiger partial charge in [-0.3, -0.25) is 0 Å². The highest BCUT2D eigenvalue weighted by atomic mass is 16.5. The first kappa shape index (κ1) is 15.7. The molecule has 0 aliphatic heterocycles. The summed E-state index contributed by atoms with van der Waals surface area (Å²) in [6.45, 7) is 3.88. The molecule has 0 saturated heterocycles. The quantitative estimate of drug-likeness (QED) is 0.670. The van der Waals surface area contributed by atoms with Crippen molar-refractivity contribution in [2.45, 2.75) is 31.7 Å². The Hall–Kier alpha value is -1.36. The van der Waals surface area contributed by atoms with Crippen LogP contribution in [0.15, 0.2) is 36.9 Å². The van der Waals surface area contributed by atoms with Gasteiger partial charge in [0.25, 0.3) is 0 Å². The van der Waals surface area contributed by atoms with E-state index in [1.165, 1.54) is 0 Å². The molecule has 19 heavy (non-hydrogen) atoms. The molecular formula is C15H22O4. The number of aliphatic hydroxyl groups excluding tert-OH is 2. The molecule has 0 unspecified atom stereocenters. The minimum Gasteiger partial charge on any atom is -0.497 e. The molecule has 0 aliphatic rings. The molecule has 106 valence electrons. The summed E-state index contributed by atoms with van der Waals surface area (Å²) < 4.78 is 10.8. The van der Waals surface area contributed by atoms with E-state index in [-0.39, 0.29) is 12.7 Å². The fraction of sp³-hybridized carbons (Fsp3) is 0.467. The molecule has 0 saturated carbocycles. The Bertz CT molecular complexity index is 361. The Labute approximate surface area is 114 Å². The summed E-state index contributed by atoms with van der Waals surface area (Å²) >= 11 is 0. The molecular weight excluding hydrogens is 244 g/mol. The zero-order valence-electron chi connectivity index (χ0n) is 11.3. The molecule has 0 bridgehead atoms.